The molecule has 0 aliphatic carbocycles. The number of nitrogens with one attached hydrogen (secondary N) is 1. The number of benzene rings is 1. The van der Waals surface area contributed by atoms with Crippen LogP contribution in [0.5, 0.6) is 5.75 Å². The second kappa shape index (κ2) is 13.1. The van der Waals surface area contributed by atoms with Gasteiger partial charge >= 0.3 is 23.9 Å². The van der Waals surface area contributed by atoms with Gasteiger partial charge in [0.05, 0.1) is 17.4 Å². The summed E-state index contributed by atoms with van der Waals surface area (Å²) < 4.78 is 35.7. The van der Waals surface area contributed by atoms with Crippen LogP contribution in [0.1, 0.15) is 60.5 Å². The van der Waals surface area contributed by atoms with Crippen molar-refractivity contribution in [3.63, 3.8) is 0 Å². The average molecular weight is 559 g/mol. The highest BCUT2D eigenvalue weighted by molar-refractivity contribution is 5.99. The number of hydrogen-bond acceptors (Lipinski definition) is 10. The fraction of sp³-hybridized carbons (Fsp3) is 0.429. The maximum atomic E-state index is 14.1. The number of carbonyl (C=O) groups excluding carboxylic acids is 5. The van der Waals surface area contributed by atoms with E-state index in [1.807, 2.05) is 0 Å². The van der Waals surface area contributed by atoms with Gasteiger partial charge in [-0.25, -0.2) is 19.0 Å². The third kappa shape index (κ3) is 6.99. The van der Waals surface area contributed by atoms with Gasteiger partial charge in [-0.05, 0) is 44.0 Å². The van der Waals surface area contributed by atoms with Crippen molar-refractivity contribution in [3.8, 4) is 5.75 Å². The molecule has 1 N–H and O–H groups in total. The van der Waals surface area contributed by atoms with E-state index >= 15 is 0 Å². The van der Waals surface area contributed by atoms with Crippen molar-refractivity contribution < 1.29 is 47.3 Å². The number of amides is 1. The Labute approximate surface area is 230 Å². The smallest absolute Gasteiger partial charge is 0.346 e. The molecule has 0 bridgehead atoms. The van der Waals surface area contributed by atoms with Gasteiger partial charge in [0.25, 0.3) is 5.91 Å². The van der Waals surface area contributed by atoms with Crippen molar-refractivity contribution in [2.45, 2.75) is 59.3 Å². The molecule has 3 rings (SSSR count). The van der Waals surface area contributed by atoms with Crippen molar-refractivity contribution in [1.82, 2.24) is 10.3 Å². The first-order valence-corrected chi connectivity index (χ1v) is 12.7. The van der Waals surface area contributed by atoms with Gasteiger partial charge in [-0.2, -0.15) is 0 Å². The van der Waals surface area contributed by atoms with E-state index in [4.69, 9.17) is 18.9 Å². The molecule has 0 unspecified atom stereocenters. The lowest BCUT2D eigenvalue weighted by molar-refractivity contribution is -0.176. The SMILES string of the molecule is CC[C@H]1C(=O)OC[C@H](NC(=O)c2nccc(C)c2OC(=O)c2ccccc2F)C(=O)O[C@@H](C)[C@@H]1OC(=O)C(C)C. The number of halogens is 1. The second-order valence-electron chi connectivity index (χ2n) is 9.54. The van der Waals surface area contributed by atoms with Crippen molar-refractivity contribution in [3.05, 3.63) is 59.2 Å². The van der Waals surface area contributed by atoms with Gasteiger partial charge in [0.2, 0.25) is 0 Å². The number of aromatic nitrogens is 1. The van der Waals surface area contributed by atoms with Gasteiger partial charge in [-0.1, -0.05) is 32.9 Å². The van der Waals surface area contributed by atoms with Crippen LogP contribution in [0.2, 0.25) is 0 Å². The summed E-state index contributed by atoms with van der Waals surface area (Å²) in [5.74, 6) is -6.72. The molecule has 4 atom stereocenters. The Bertz CT molecular complexity index is 1300. The molecule has 0 radical (unpaired) electrons. The Morgan fingerprint density at radius 3 is 2.50 bits per heavy atom. The van der Waals surface area contributed by atoms with E-state index < -0.39 is 72.3 Å². The molecule has 2 aromatic rings. The topological polar surface area (TPSA) is 147 Å². The second-order valence-corrected chi connectivity index (χ2v) is 9.54. The van der Waals surface area contributed by atoms with Gasteiger partial charge in [0.15, 0.2) is 23.6 Å². The highest BCUT2D eigenvalue weighted by Gasteiger charge is 2.41. The van der Waals surface area contributed by atoms with Crippen LogP contribution in [0.4, 0.5) is 4.39 Å². The number of aryl methyl sites for hydroxylation is 1. The van der Waals surface area contributed by atoms with Gasteiger partial charge in [-0.3, -0.25) is 14.4 Å². The van der Waals surface area contributed by atoms with E-state index in [1.165, 1.54) is 37.4 Å². The number of rotatable bonds is 7. The number of ether oxygens (including phenoxy) is 4. The van der Waals surface area contributed by atoms with Crippen molar-refractivity contribution in [2.24, 2.45) is 11.8 Å². The predicted molar refractivity (Wildman–Crippen MR) is 137 cm³/mol. The highest BCUT2D eigenvalue weighted by atomic mass is 19.1. The summed E-state index contributed by atoms with van der Waals surface area (Å²) in [5.41, 5.74) is -0.384. The van der Waals surface area contributed by atoms with Crippen LogP contribution in [-0.2, 0) is 28.6 Å². The zero-order valence-electron chi connectivity index (χ0n) is 22.8. The first-order valence-electron chi connectivity index (χ1n) is 12.7. The molecule has 2 heterocycles. The lowest BCUT2D eigenvalue weighted by Gasteiger charge is -2.29. The number of pyridine rings is 1. The molecule has 1 amide bonds. The minimum absolute atomic E-state index is 0.234. The number of cyclic esters (lactones) is 2. The lowest BCUT2D eigenvalue weighted by Crippen LogP contribution is -2.47. The Morgan fingerprint density at radius 1 is 1.15 bits per heavy atom. The molecule has 40 heavy (non-hydrogen) atoms. The Kier molecular flexibility index (Phi) is 9.92. The van der Waals surface area contributed by atoms with Crippen molar-refractivity contribution in [2.75, 3.05) is 6.61 Å². The summed E-state index contributed by atoms with van der Waals surface area (Å²) in [6.45, 7) is 7.39. The summed E-state index contributed by atoms with van der Waals surface area (Å²) in [5, 5.41) is 2.39. The zero-order chi connectivity index (χ0) is 29.6. The Balaban J connectivity index is 1.84. The van der Waals surface area contributed by atoms with Crippen LogP contribution in [-0.4, -0.2) is 59.6 Å². The molecule has 1 aromatic carbocycles. The average Bonchev–Trinajstić information content (AvgIpc) is 2.94. The molecule has 0 spiro atoms. The first kappa shape index (κ1) is 30.2. The van der Waals surface area contributed by atoms with E-state index in [9.17, 15) is 28.4 Å². The minimum Gasteiger partial charge on any atom is -0.463 e. The van der Waals surface area contributed by atoms with Crippen LogP contribution < -0.4 is 10.1 Å². The largest absolute Gasteiger partial charge is 0.463 e. The van der Waals surface area contributed by atoms with Crippen LogP contribution in [0.15, 0.2) is 36.5 Å². The minimum atomic E-state index is -1.46. The first-order chi connectivity index (χ1) is 18.9. The van der Waals surface area contributed by atoms with Crippen LogP contribution in [0.25, 0.3) is 0 Å². The van der Waals surface area contributed by atoms with Crippen LogP contribution >= 0.6 is 0 Å². The molecular formula is C28H31FN2O9. The van der Waals surface area contributed by atoms with Crippen LogP contribution in [0, 0.1) is 24.6 Å². The van der Waals surface area contributed by atoms with E-state index in [1.54, 1.807) is 27.7 Å². The van der Waals surface area contributed by atoms with Gasteiger partial charge in [0.1, 0.15) is 18.5 Å². The number of nitrogens with zero attached hydrogens (tertiary/aromatic N) is 1. The lowest BCUT2D eigenvalue weighted by atomic mass is 9.95. The molecular weight excluding hydrogens is 527 g/mol. The van der Waals surface area contributed by atoms with Crippen molar-refractivity contribution >= 4 is 29.8 Å². The summed E-state index contributed by atoms with van der Waals surface area (Å²) in [6, 6.07) is 5.18. The monoisotopic (exact) mass is 558 g/mol. The third-order valence-corrected chi connectivity index (χ3v) is 6.21. The van der Waals surface area contributed by atoms with Gasteiger partial charge < -0.3 is 24.3 Å². The number of esters is 4. The summed E-state index contributed by atoms with van der Waals surface area (Å²) >= 11 is 0. The summed E-state index contributed by atoms with van der Waals surface area (Å²) in [6.07, 6.45) is -0.626. The standard InChI is InChI=1S/C28H31FN2O9/c1-6-17-23(40-25(33)14(2)3)16(5)38-28(36)20(13-37-26(17)34)31-24(32)21-22(15(4)11-12-30-21)39-27(35)18-9-7-8-10-19(18)29/h7-12,14,16-17,20,23H,6,13H2,1-5H3,(H,31,32)/t16-,17+,20-,23-/m0/s1. The molecule has 11 nitrogen and oxygen atoms in total. The molecule has 1 aliphatic rings. The van der Waals surface area contributed by atoms with E-state index in [0.29, 0.717) is 5.56 Å². The highest BCUT2D eigenvalue weighted by Crippen LogP contribution is 2.25. The number of hydrogen-bond donors (Lipinski definition) is 1. The Morgan fingerprint density at radius 2 is 1.85 bits per heavy atom. The molecule has 1 fully saturated rings. The molecule has 0 saturated carbocycles. The molecule has 214 valence electrons. The molecule has 12 heteroatoms. The van der Waals surface area contributed by atoms with Gasteiger partial charge in [0, 0.05) is 6.20 Å². The fourth-order valence-electron chi connectivity index (χ4n) is 3.92. The van der Waals surface area contributed by atoms with E-state index in [2.05, 4.69) is 10.3 Å². The summed E-state index contributed by atoms with van der Waals surface area (Å²) in [4.78, 5) is 67.9. The zero-order valence-corrected chi connectivity index (χ0v) is 22.8. The fourth-order valence-corrected chi connectivity index (χ4v) is 3.92. The molecule has 1 aliphatic heterocycles. The van der Waals surface area contributed by atoms with Gasteiger partial charge in [-0.15, -0.1) is 0 Å². The van der Waals surface area contributed by atoms with E-state index in [-0.39, 0.29) is 23.4 Å². The molecule has 1 saturated heterocycles. The molecule has 1 aromatic heterocycles. The van der Waals surface area contributed by atoms with E-state index in [0.717, 1.165) is 6.07 Å². The predicted octanol–water partition coefficient (Wildman–Crippen LogP) is 2.93. The quantitative estimate of drug-likeness (QED) is 0.397. The third-order valence-electron chi connectivity index (χ3n) is 6.21. The van der Waals surface area contributed by atoms with Crippen LogP contribution in [0.3, 0.4) is 0 Å². The maximum absolute atomic E-state index is 14.1. The summed E-state index contributed by atoms with van der Waals surface area (Å²) in [7, 11) is 0. The Hall–Kier alpha value is -4.35. The number of carbonyl (C=O) groups is 5. The maximum Gasteiger partial charge on any atom is 0.346 e. The van der Waals surface area contributed by atoms with Crippen molar-refractivity contribution in [1.29, 1.82) is 0 Å². The normalized spacial score (nSPS) is 21.3.